The second-order valence-electron chi connectivity index (χ2n) is 6.34. The van der Waals surface area contributed by atoms with Crippen LogP contribution in [0, 0.1) is 0 Å². The molecule has 3 aromatic heterocycles. The lowest BCUT2D eigenvalue weighted by molar-refractivity contribution is -0.292. The molecule has 0 atom stereocenters. The topological polar surface area (TPSA) is 91.6 Å². The maximum atomic E-state index is 13.8. The van der Waals surface area contributed by atoms with Gasteiger partial charge >= 0.3 is 18.3 Å². The lowest BCUT2D eigenvalue weighted by Crippen LogP contribution is -2.36. The number of nitrogens with two attached hydrogens (primary N) is 1. The Balaban J connectivity index is 2.20. The van der Waals surface area contributed by atoms with E-state index in [0.717, 1.165) is 31.7 Å². The van der Waals surface area contributed by atoms with E-state index in [1.54, 1.807) is 0 Å². The molecule has 16 heteroatoms. The molecule has 0 aliphatic rings. The number of aryl methyl sites for hydroxylation is 1. The van der Waals surface area contributed by atoms with Crippen LogP contribution in [0.2, 0.25) is 5.15 Å². The molecule has 0 spiro atoms. The molecule has 0 bridgehead atoms. The number of hydrogen-bond acceptors (Lipinski definition) is 4. The van der Waals surface area contributed by atoms with E-state index in [0.29, 0.717) is 4.68 Å². The molecule has 7 nitrogen and oxygen atoms in total. The summed E-state index contributed by atoms with van der Waals surface area (Å²) in [5.41, 5.74) is 0.212. The van der Waals surface area contributed by atoms with Crippen molar-refractivity contribution in [2.45, 2.75) is 18.3 Å². The average molecular weight is 489 g/mol. The third-order valence-corrected chi connectivity index (χ3v) is 4.49. The van der Waals surface area contributed by atoms with Crippen LogP contribution >= 0.6 is 11.6 Å². The van der Waals surface area contributed by atoms with Crippen molar-refractivity contribution in [2.24, 2.45) is 12.8 Å². The maximum Gasteiger partial charge on any atom is 0.459 e. The Bertz CT molecular complexity index is 1200. The van der Waals surface area contributed by atoms with Crippen LogP contribution in [0.25, 0.3) is 16.9 Å². The number of alkyl halides is 8. The van der Waals surface area contributed by atoms with Crippen molar-refractivity contribution in [1.29, 1.82) is 0 Å². The second kappa shape index (κ2) is 7.43. The standard InChI is InChI=1S/C16H9ClF8N6O/c1-30-13(9(15(20,21)22)10(29-30)14(18,19)16(23,24)25)31-5-7(4-28-31)6-2-8(12(26)32)11(17)27-3-6/h2-5H,1H3,(H2,26,32). The number of rotatable bonds is 4. The first kappa shape index (κ1) is 23.4. The summed E-state index contributed by atoms with van der Waals surface area (Å²) in [7, 11) is 0.747. The molecule has 3 heterocycles. The van der Waals surface area contributed by atoms with Crippen LogP contribution in [0.15, 0.2) is 24.7 Å². The normalized spacial score (nSPS) is 12.9. The molecule has 0 saturated carbocycles. The Morgan fingerprint density at radius 2 is 1.69 bits per heavy atom. The van der Waals surface area contributed by atoms with E-state index in [1.165, 1.54) is 0 Å². The van der Waals surface area contributed by atoms with Gasteiger partial charge in [-0.15, -0.1) is 0 Å². The molecule has 32 heavy (non-hydrogen) atoms. The van der Waals surface area contributed by atoms with Gasteiger partial charge in [0.15, 0.2) is 11.5 Å². The highest BCUT2D eigenvalue weighted by atomic mass is 35.5. The quantitative estimate of drug-likeness (QED) is 0.442. The number of primary amides is 1. The predicted octanol–water partition coefficient (Wildman–Crippen LogP) is 4.09. The summed E-state index contributed by atoms with van der Waals surface area (Å²) in [6, 6.07) is 1.15. The Morgan fingerprint density at radius 3 is 2.22 bits per heavy atom. The third-order valence-electron chi connectivity index (χ3n) is 4.19. The molecular weight excluding hydrogens is 480 g/mol. The van der Waals surface area contributed by atoms with E-state index < -0.39 is 41.3 Å². The van der Waals surface area contributed by atoms with Gasteiger partial charge in [0.05, 0.1) is 11.8 Å². The molecule has 3 aromatic rings. The first-order valence-electron chi connectivity index (χ1n) is 8.15. The van der Waals surface area contributed by atoms with Crippen LogP contribution < -0.4 is 5.73 Å². The zero-order valence-electron chi connectivity index (χ0n) is 15.4. The summed E-state index contributed by atoms with van der Waals surface area (Å²) in [6.07, 6.45) is -9.00. The van der Waals surface area contributed by atoms with Gasteiger partial charge in [-0.3, -0.25) is 4.79 Å². The van der Waals surface area contributed by atoms with Crippen LogP contribution in [-0.2, 0) is 19.1 Å². The Hall–Kier alpha value is -3.23. The van der Waals surface area contributed by atoms with E-state index in [2.05, 4.69) is 15.2 Å². The number of pyridine rings is 1. The third kappa shape index (κ3) is 3.87. The van der Waals surface area contributed by atoms with E-state index in [-0.39, 0.29) is 26.5 Å². The van der Waals surface area contributed by atoms with Crippen LogP contribution in [0.1, 0.15) is 21.6 Å². The highest BCUT2D eigenvalue weighted by Crippen LogP contribution is 2.49. The molecule has 0 aliphatic carbocycles. The minimum atomic E-state index is -6.33. The van der Waals surface area contributed by atoms with Crippen molar-refractivity contribution in [3.8, 4) is 16.9 Å². The summed E-state index contributed by atoms with van der Waals surface area (Å²) in [6.45, 7) is 0. The fourth-order valence-corrected chi connectivity index (χ4v) is 2.96. The number of aromatic nitrogens is 5. The van der Waals surface area contributed by atoms with Gasteiger partial charge in [0.1, 0.15) is 10.7 Å². The fourth-order valence-electron chi connectivity index (χ4n) is 2.76. The van der Waals surface area contributed by atoms with Gasteiger partial charge in [-0.1, -0.05) is 11.6 Å². The van der Waals surface area contributed by atoms with Gasteiger partial charge in [-0.05, 0) is 6.07 Å². The van der Waals surface area contributed by atoms with E-state index in [4.69, 9.17) is 17.3 Å². The number of amides is 1. The van der Waals surface area contributed by atoms with Gasteiger partial charge < -0.3 is 5.73 Å². The Labute approximate surface area is 177 Å². The number of halogens is 9. The van der Waals surface area contributed by atoms with Crippen molar-refractivity contribution >= 4 is 17.5 Å². The first-order chi connectivity index (χ1) is 14.6. The van der Waals surface area contributed by atoms with E-state index >= 15 is 0 Å². The molecule has 1 amide bonds. The largest absolute Gasteiger partial charge is 0.459 e. The van der Waals surface area contributed by atoms with Gasteiger partial charge in [0, 0.05) is 30.6 Å². The number of carbonyl (C=O) groups excluding carboxylic acids is 1. The molecule has 172 valence electrons. The second-order valence-corrected chi connectivity index (χ2v) is 6.70. The molecule has 0 fully saturated rings. The fraction of sp³-hybridized carbons (Fsp3) is 0.250. The summed E-state index contributed by atoms with van der Waals surface area (Å²) < 4.78 is 107. The molecular formula is C16H9ClF8N6O. The van der Waals surface area contributed by atoms with Gasteiger partial charge in [0.2, 0.25) is 0 Å². The number of carbonyl (C=O) groups is 1. The monoisotopic (exact) mass is 488 g/mol. The lowest BCUT2D eigenvalue weighted by atomic mass is 10.1. The number of nitrogens with zero attached hydrogens (tertiary/aromatic N) is 5. The van der Waals surface area contributed by atoms with Crippen molar-refractivity contribution in [3.05, 3.63) is 46.6 Å². The molecule has 0 aromatic carbocycles. The van der Waals surface area contributed by atoms with Crippen molar-refractivity contribution in [2.75, 3.05) is 0 Å². The van der Waals surface area contributed by atoms with Crippen LogP contribution in [0.5, 0.6) is 0 Å². The zero-order valence-corrected chi connectivity index (χ0v) is 16.2. The lowest BCUT2D eigenvalue weighted by Gasteiger charge is -2.19. The van der Waals surface area contributed by atoms with E-state index in [9.17, 15) is 39.9 Å². The predicted molar refractivity (Wildman–Crippen MR) is 92.0 cm³/mol. The molecule has 3 rings (SSSR count). The van der Waals surface area contributed by atoms with Gasteiger partial charge in [-0.2, -0.15) is 45.3 Å². The zero-order chi connectivity index (χ0) is 24.2. The summed E-state index contributed by atoms with van der Waals surface area (Å²) in [5.74, 6) is -8.04. The molecule has 0 unspecified atom stereocenters. The first-order valence-corrected chi connectivity index (χ1v) is 8.53. The maximum absolute atomic E-state index is 13.8. The van der Waals surface area contributed by atoms with Crippen molar-refractivity contribution in [1.82, 2.24) is 24.5 Å². The highest BCUT2D eigenvalue weighted by molar-refractivity contribution is 6.32. The summed E-state index contributed by atoms with van der Waals surface area (Å²) >= 11 is 5.72. The van der Waals surface area contributed by atoms with Crippen molar-refractivity contribution in [3.63, 3.8) is 0 Å². The van der Waals surface area contributed by atoms with Crippen molar-refractivity contribution < 1.29 is 39.9 Å². The average Bonchev–Trinajstić information content (AvgIpc) is 3.25. The summed E-state index contributed by atoms with van der Waals surface area (Å²) in [4.78, 5) is 15.1. The summed E-state index contributed by atoms with van der Waals surface area (Å²) in [5, 5.41) is 6.15. The molecule has 0 saturated heterocycles. The highest BCUT2D eigenvalue weighted by Gasteiger charge is 2.64. The van der Waals surface area contributed by atoms with E-state index in [1.807, 2.05) is 0 Å². The van der Waals surface area contributed by atoms with Gasteiger partial charge in [0.25, 0.3) is 5.91 Å². The van der Waals surface area contributed by atoms with Crippen LogP contribution in [0.3, 0.4) is 0 Å². The molecule has 2 N–H and O–H groups in total. The molecule has 0 aliphatic heterocycles. The SMILES string of the molecule is Cn1nc(C(F)(F)C(F)(F)F)c(C(F)(F)F)c1-n1cc(-c2cnc(Cl)c(C(N)=O)c2)cn1. The smallest absolute Gasteiger partial charge is 0.366 e. The van der Waals surface area contributed by atoms with Crippen LogP contribution in [0.4, 0.5) is 35.1 Å². The van der Waals surface area contributed by atoms with Crippen LogP contribution in [-0.4, -0.2) is 36.6 Å². The molecule has 0 radical (unpaired) electrons. The minimum absolute atomic E-state index is 0.0233. The Kier molecular flexibility index (Phi) is 5.44. The minimum Gasteiger partial charge on any atom is -0.366 e. The Morgan fingerprint density at radius 1 is 1.06 bits per heavy atom. The van der Waals surface area contributed by atoms with Gasteiger partial charge in [-0.25, -0.2) is 14.3 Å². The number of hydrogen-bond donors (Lipinski definition) is 1.